The summed E-state index contributed by atoms with van der Waals surface area (Å²) in [4.78, 5) is 11.8. The van der Waals surface area contributed by atoms with Crippen LogP contribution in [0.4, 0.5) is 4.39 Å². The molecule has 1 amide bonds. The molecule has 1 aromatic rings. The largest absolute Gasteiger partial charge is 0.481 e. The Morgan fingerprint density at radius 3 is 2.65 bits per heavy atom. The van der Waals surface area contributed by atoms with Gasteiger partial charge in [0.2, 0.25) is 0 Å². The number of amides is 1. The molecule has 20 heavy (non-hydrogen) atoms. The second-order valence-corrected chi connectivity index (χ2v) is 5.19. The van der Waals surface area contributed by atoms with Crippen LogP contribution in [0.15, 0.2) is 18.2 Å². The number of carbonyl (C=O) groups excluding carboxylic acids is 1. The number of hydrogen-bond donors (Lipinski definition) is 2. The Bertz CT molecular complexity index is 449. The van der Waals surface area contributed by atoms with Gasteiger partial charge in [-0.1, -0.05) is 13.8 Å². The first-order chi connectivity index (χ1) is 9.42. The monoisotopic (exact) mass is 283 g/mol. The molecule has 0 aromatic heterocycles. The van der Waals surface area contributed by atoms with Crippen LogP contribution in [0, 0.1) is 11.7 Å². The molecule has 0 heterocycles. The van der Waals surface area contributed by atoms with E-state index in [1.807, 2.05) is 0 Å². The molecule has 1 aromatic carbocycles. The van der Waals surface area contributed by atoms with E-state index in [0.29, 0.717) is 18.0 Å². The average Bonchev–Trinajstić information content (AvgIpc) is 2.37. The highest BCUT2D eigenvalue weighted by Gasteiger charge is 2.15. The van der Waals surface area contributed by atoms with Gasteiger partial charge in [-0.2, -0.15) is 0 Å². The predicted octanol–water partition coefficient (Wildman–Crippen LogP) is 2.25. The van der Waals surface area contributed by atoms with Gasteiger partial charge in [-0.3, -0.25) is 4.79 Å². The van der Waals surface area contributed by atoms with Crippen LogP contribution in [-0.2, 0) is 11.4 Å². The highest BCUT2D eigenvalue weighted by atomic mass is 19.1. The highest BCUT2D eigenvalue weighted by Crippen LogP contribution is 2.18. The number of ether oxygens (including phenoxy) is 1. The van der Waals surface area contributed by atoms with Crippen molar-refractivity contribution in [2.24, 2.45) is 5.92 Å². The molecule has 112 valence electrons. The second-order valence-electron chi connectivity index (χ2n) is 5.19. The van der Waals surface area contributed by atoms with Crippen molar-refractivity contribution in [3.8, 4) is 5.75 Å². The number of benzene rings is 1. The van der Waals surface area contributed by atoms with Crippen molar-refractivity contribution >= 4 is 5.91 Å². The molecule has 0 radical (unpaired) electrons. The minimum Gasteiger partial charge on any atom is -0.481 e. The van der Waals surface area contributed by atoms with Gasteiger partial charge < -0.3 is 15.2 Å². The number of rotatable bonds is 7. The van der Waals surface area contributed by atoms with Crippen molar-refractivity contribution in [1.82, 2.24) is 5.32 Å². The SMILES string of the molecule is CC(C)CCNC(=O)C(C)Oc1cc(F)cc(CO)c1. The summed E-state index contributed by atoms with van der Waals surface area (Å²) in [5, 5.41) is 11.8. The molecule has 0 aliphatic rings. The summed E-state index contributed by atoms with van der Waals surface area (Å²) in [6.07, 6.45) is 0.183. The Hall–Kier alpha value is -1.62. The lowest BCUT2D eigenvalue weighted by molar-refractivity contribution is -0.127. The molecule has 4 nitrogen and oxygen atoms in total. The number of aliphatic hydroxyl groups is 1. The molecule has 2 N–H and O–H groups in total. The van der Waals surface area contributed by atoms with Crippen LogP contribution in [0.1, 0.15) is 32.8 Å². The van der Waals surface area contributed by atoms with E-state index < -0.39 is 11.9 Å². The molecular weight excluding hydrogens is 261 g/mol. The van der Waals surface area contributed by atoms with Gasteiger partial charge in [0.1, 0.15) is 11.6 Å². The van der Waals surface area contributed by atoms with Crippen molar-refractivity contribution in [2.75, 3.05) is 6.54 Å². The minimum atomic E-state index is -0.712. The van der Waals surface area contributed by atoms with Gasteiger partial charge in [0, 0.05) is 12.6 Å². The smallest absolute Gasteiger partial charge is 0.260 e. The summed E-state index contributed by atoms with van der Waals surface area (Å²) >= 11 is 0. The number of carbonyl (C=O) groups is 1. The van der Waals surface area contributed by atoms with Crippen molar-refractivity contribution in [3.63, 3.8) is 0 Å². The van der Waals surface area contributed by atoms with E-state index in [0.717, 1.165) is 6.42 Å². The first-order valence-electron chi connectivity index (χ1n) is 6.77. The first-order valence-corrected chi connectivity index (χ1v) is 6.77. The summed E-state index contributed by atoms with van der Waals surface area (Å²) in [6, 6.07) is 3.93. The molecule has 1 rings (SSSR count). The Labute approximate surface area is 119 Å². The Morgan fingerprint density at radius 1 is 1.35 bits per heavy atom. The predicted molar refractivity (Wildman–Crippen MR) is 74.9 cm³/mol. The standard InChI is InChI=1S/C15H22FNO3/c1-10(2)4-5-17-15(19)11(3)20-14-7-12(9-18)6-13(16)8-14/h6-8,10-11,18H,4-5,9H2,1-3H3,(H,17,19). The third-order valence-electron chi connectivity index (χ3n) is 2.82. The molecule has 1 unspecified atom stereocenters. The summed E-state index contributed by atoms with van der Waals surface area (Å²) < 4.78 is 18.7. The lowest BCUT2D eigenvalue weighted by atomic mass is 10.1. The zero-order chi connectivity index (χ0) is 15.1. The maximum absolute atomic E-state index is 13.3. The van der Waals surface area contributed by atoms with E-state index >= 15 is 0 Å². The number of aliphatic hydroxyl groups excluding tert-OH is 1. The average molecular weight is 283 g/mol. The van der Waals surface area contributed by atoms with E-state index in [4.69, 9.17) is 9.84 Å². The van der Waals surface area contributed by atoms with Crippen molar-refractivity contribution in [3.05, 3.63) is 29.6 Å². The molecule has 0 aliphatic heterocycles. The Morgan fingerprint density at radius 2 is 2.05 bits per heavy atom. The maximum Gasteiger partial charge on any atom is 0.260 e. The first kappa shape index (κ1) is 16.4. The summed E-state index contributed by atoms with van der Waals surface area (Å²) in [7, 11) is 0. The molecule has 5 heteroatoms. The van der Waals surface area contributed by atoms with Gasteiger partial charge in [-0.25, -0.2) is 4.39 Å². The van der Waals surface area contributed by atoms with Crippen LogP contribution in [0.3, 0.4) is 0 Å². The molecule has 0 fully saturated rings. The minimum absolute atomic E-state index is 0.236. The van der Waals surface area contributed by atoms with Crippen LogP contribution < -0.4 is 10.1 Å². The molecule has 0 bridgehead atoms. The fraction of sp³-hybridized carbons (Fsp3) is 0.533. The van der Waals surface area contributed by atoms with E-state index in [2.05, 4.69) is 19.2 Å². The quantitative estimate of drug-likeness (QED) is 0.807. The van der Waals surface area contributed by atoms with Crippen molar-refractivity contribution in [2.45, 2.75) is 39.9 Å². The lowest BCUT2D eigenvalue weighted by Crippen LogP contribution is -2.37. The van der Waals surface area contributed by atoms with Crippen molar-refractivity contribution in [1.29, 1.82) is 0 Å². The number of nitrogens with one attached hydrogen (secondary N) is 1. The lowest BCUT2D eigenvalue weighted by Gasteiger charge is -2.16. The summed E-state index contributed by atoms with van der Waals surface area (Å²) in [6.45, 7) is 6.08. The zero-order valence-electron chi connectivity index (χ0n) is 12.1. The molecule has 0 aliphatic carbocycles. The zero-order valence-corrected chi connectivity index (χ0v) is 12.1. The van der Waals surface area contributed by atoms with Crippen LogP contribution in [0.2, 0.25) is 0 Å². The van der Waals surface area contributed by atoms with Crippen LogP contribution in [0.5, 0.6) is 5.75 Å². The van der Waals surface area contributed by atoms with Crippen LogP contribution >= 0.6 is 0 Å². The fourth-order valence-corrected chi connectivity index (χ4v) is 1.67. The topological polar surface area (TPSA) is 58.6 Å². The number of hydrogen-bond acceptors (Lipinski definition) is 3. The Kier molecular flexibility index (Phi) is 6.45. The van der Waals surface area contributed by atoms with Gasteiger partial charge in [0.05, 0.1) is 6.61 Å². The van der Waals surface area contributed by atoms with E-state index in [-0.39, 0.29) is 18.3 Å². The van der Waals surface area contributed by atoms with Crippen LogP contribution in [0.25, 0.3) is 0 Å². The molecule has 0 saturated carbocycles. The third-order valence-corrected chi connectivity index (χ3v) is 2.82. The normalized spacial score (nSPS) is 12.3. The number of halogens is 1. The summed E-state index contributed by atoms with van der Waals surface area (Å²) in [5.41, 5.74) is 0.410. The van der Waals surface area contributed by atoms with Gasteiger partial charge in [-0.05, 0) is 37.0 Å². The Balaban J connectivity index is 2.54. The molecule has 0 spiro atoms. The molecule has 1 atom stereocenters. The highest BCUT2D eigenvalue weighted by molar-refractivity contribution is 5.80. The van der Waals surface area contributed by atoms with Gasteiger partial charge in [0.15, 0.2) is 6.10 Å². The second kappa shape index (κ2) is 7.85. The van der Waals surface area contributed by atoms with Gasteiger partial charge >= 0.3 is 0 Å². The van der Waals surface area contributed by atoms with Crippen molar-refractivity contribution < 1.29 is 19.0 Å². The fourth-order valence-electron chi connectivity index (χ4n) is 1.67. The summed E-state index contributed by atoms with van der Waals surface area (Å²) in [5.74, 6) is 0.0156. The van der Waals surface area contributed by atoms with Gasteiger partial charge in [-0.15, -0.1) is 0 Å². The third kappa shape index (κ3) is 5.57. The van der Waals surface area contributed by atoms with E-state index in [9.17, 15) is 9.18 Å². The molecular formula is C15H22FNO3. The van der Waals surface area contributed by atoms with E-state index in [1.165, 1.54) is 18.2 Å². The van der Waals surface area contributed by atoms with Gasteiger partial charge in [0.25, 0.3) is 5.91 Å². The maximum atomic E-state index is 13.3. The molecule has 0 saturated heterocycles. The van der Waals surface area contributed by atoms with Crippen LogP contribution in [-0.4, -0.2) is 23.7 Å². The van der Waals surface area contributed by atoms with E-state index in [1.54, 1.807) is 6.92 Å².